The molecule has 0 heterocycles. The third-order valence-corrected chi connectivity index (χ3v) is 4.02. The van der Waals surface area contributed by atoms with E-state index in [1.54, 1.807) is 12.1 Å². The van der Waals surface area contributed by atoms with Crippen LogP contribution in [0, 0.1) is 0 Å². The van der Waals surface area contributed by atoms with Crippen molar-refractivity contribution in [2.75, 3.05) is 13.2 Å². The van der Waals surface area contributed by atoms with Crippen LogP contribution in [0.1, 0.15) is 36.8 Å². The summed E-state index contributed by atoms with van der Waals surface area (Å²) in [4.78, 5) is 0. The molecule has 0 fully saturated rings. The summed E-state index contributed by atoms with van der Waals surface area (Å²) in [6, 6.07) is 19.2. The average Bonchev–Trinajstić information content (AvgIpc) is 2.60. The summed E-state index contributed by atoms with van der Waals surface area (Å²) in [7, 11) is 0. The van der Waals surface area contributed by atoms with Gasteiger partial charge in [0.2, 0.25) is 0 Å². The molecule has 0 spiro atoms. The Morgan fingerprint density at radius 1 is 0.870 bits per heavy atom. The molecule has 23 heavy (non-hydrogen) atoms. The van der Waals surface area contributed by atoms with Crippen molar-refractivity contribution in [1.29, 1.82) is 0 Å². The third-order valence-electron chi connectivity index (χ3n) is 4.02. The molecule has 0 aliphatic rings. The highest BCUT2D eigenvalue weighted by Crippen LogP contribution is 2.34. The summed E-state index contributed by atoms with van der Waals surface area (Å²) in [5, 5.41) is 9.17. The molecular formula is C20H25FO2. The molecule has 2 rings (SSSR count). The number of aliphatic hydroxyl groups excluding tert-OH is 1. The maximum Gasteiger partial charge on any atom is 0.138 e. The molecule has 0 aliphatic heterocycles. The Labute approximate surface area is 137 Å². The highest BCUT2D eigenvalue weighted by Gasteiger charge is 2.30. The van der Waals surface area contributed by atoms with Gasteiger partial charge >= 0.3 is 0 Å². The molecule has 0 amide bonds. The topological polar surface area (TPSA) is 29.5 Å². The lowest BCUT2D eigenvalue weighted by Gasteiger charge is -2.25. The van der Waals surface area contributed by atoms with Gasteiger partial charge in [0.1, 0.15) is 5.67 Å². The number of unbranched alkanes of at least 4 members (excludes halogenated alkanes) is 1. The lowest BCUT2D eigenvalue weighted by Crippen LogP contribution is -2.22. The van der Waals surface area contributed by atoms with Crippen molar-refractivity contribution >= 4 is 0 Å². The van der Waals surface area contributed by atoms with Gasteiger partial charge in [0, 0.05) is 19.6 Å². The van der Waals surface area contributed by atoms with E-state index in [0.29, 0.717) is 25.2 Å². The van der Waals surface area contributed by atoms with Crippen LogP contribution in [0.5, 0.6) is 0 Å². The SMILES string of the molecule is OCC[C@](F)(CCCCOCc1ccccc1)c1ccccc1. The Bertz CT molecular complexity index is 544. The number of aliphatic hydroxyl groups is 1. The smallest absolute Gasteiger partial charge is 0.138 e. The first-order chi connectivity index (χ1) is 11.2. The fraction of sp³-hybridized carbons (Fsp3) is 0.400. The van der Waals surface area contributed by atoms with Crippen LogP contribution in [0.25, 0.3) is 0 Å². The zero-order valence-corrected chi connectivity index (χ0v) is 13.5. The number of ether oxygens (including phenoxy) is 1. The van der Waals surface area contributed by atoms with Crippen molar-refractivity contribution in [1.82, 2.24) is 0 Å². The van der Waals surface area contributed by atoms with Crippen LogP contribution in [0.15, 0.2) is 60.7 Å². The maximum atomic E-state index is 15.1. The van der Waals surface area contributed by atoms with Gasteiger partial charge in [-0.05, 0) is 30.4 Å². The van der Waals surface area contributed by atoms with Crippen LogP contribution >= 0.6 is 0 Å². The number of alkyl halides is 1. The largest absolute Gasteiger partial charge is 0.396 e. The van der Waals surface area contributed by atoms with Gasteiger partial charge < -0.3 is 9.84 Å². The minimum Gasteiger partial charge on any atom is -0.396 e. The molecule has 2 nitrogen and oxygen atoms in total. The Balaban J connectivity index is 1.72. The second kappa shape index (κ2) is 9.43. The van der Waals surface area contributed by atoms with Gasteiger partial charge in [-0.25, -0.2) is 4.39 Å². The van der Waals surface area contributed by atoms with Crippen LogP contribution in [-0.2, 0) is 17.0 Å². The van der Waals surface area contributed by atoms with E-state index in [-0.39, 0.29) is 13.0 Å². The molecule has 1 atom stereocenters. The van der Waals surface area contributed by atoms with Gasteiger partial charge in [-0.15, -0.1) is 0 Å². The summed E-state index contributed by atoms with van der Waals surface area (Å²) in [6.07, 6.45) is 2.10. The summed E-state index contributed by atoms with van der Waals surface area (Å²) in [5.74, 6) is 0. The molecule has 0 saturated carbocycles. The van der Waals surface area contributed by atoms with Gasteiger partial charge in [0.05, 0.1) is 6.61 Å². The predicted octanol–water partition coefficient (Wildman–Crippen LogP) is 4.62. The molecule has 0 saturated heterocycles. The first-order valence-corrected chi connectivity index (χ1v) is 8.21. The molecule has 0 aromatic heterocycles. The first-order valence-electron chi connectivity index (χ1n) is 8.21. The molecule has 1 N–H and O–H groups in total. The molecule has 124 valence electrons. The number of benzene rings is 2. The van der Waals surface area contributed by atoms with Gasteiger partial charge in [-0.2, -0.15) is 0 Å². The second-order valence-electron chi connectivity index (χ2n) is 5.80. The molecule has 0 unspecified atom stereocenters. The fourth-order valence-electron chi connectivity index (χ4n) is 2.70. The standard InChI is InChI=1S/C20H25FO2/c21-20(14-15-22,19-11-5-2-6-12-19)13-7-8-16-23-17-18-9-3-1-4-10-18/h1-6,9-12,22H,7-8,13-17H2/t20-/m1/s1. The van der Waals surface area contributed by atoms with E-state index in [2.05, 4.69) is 0 Å². The number of hydrogen-bond acceptors (Lipinski definition) is 2. The molecule has 2 aromatic carbocycles. The third kappa shape index (κ3) is 5.77. The Hall–Kier alpha value is -1.71. The van der Waals surface area contributed by atoms with Crippen molar-refractivity contribution in [2.24, 2.45) is 0 Å². The normalized spacial score (nSPS) is 13.7. The van der Waals surface area contributed by atoms with E-state index in [1.807, 2.05) is 48.5 Å². The number of rotatable bonds is 10. The quantitative estimate of drug-likeness (QED) is 0.648. The predicted molar refractivity (Wildman–Crippen MR) is 90.9 cm³/mol. The van der Waals surface area contributed by atoms with Gasteiger partial charge in [0.15, 0.2) is 0 Å². The highest BCUT2D eigenvalue weighted by atomic mass is 19.1. The summed E-state index contributed by atoms with van der Waals surface area (Å²) in [5.41, 5.74) is 0.353. The lowest BCUT2D eigenvalue weighted by atomic mass is 9.87. The molecule has 0 radical (unpaired) electrons. The van der Waals surface area contributed by atoms with Crippen LogP contribution in [0.2, 0.25) is 0 Å². The highest BCUT2D eigenvalue weighted by molar-refractivity contribution is 5.22. The van der Waals surface area contributed by atoms with E-state index in [0.717, 1.165) is 18.4 Å². The molecular weight excluding hydrogens is 291 g/mol. The maximum absolute atomic E-state index is 15.1. The molecule has 2 aromatic rings. The summed E-state index contributed by atoms with van der Waals surface area (Å²) >= 11 is 0. The van der Waals surface area contributed by atoms with E-state index < -0.39 is 5.67 Å². The average molecular weight is 316 g/mol. The van der Waals surface area contributed by atoms with Crippen LogP contribution in [0.4, 0.5) is 4.39 Å². The minimum atomic E-state index is -1.45. The zero-order chi connectivity index (χ0) is 16.4. The second-order valence-corrected chi connectivity index (χ2v) is 5.80. The molecule has 3 heteroatoms. The van der Waals surface area contributed by atoms with Gasteiger partial charge in [-0.1, -0.05) is 60.7 Å². The van der Waals surface area contributed by atoms with Crippen LogP contribution in [0.3, 0.4) is 0 Å². The molecule has 0 bridgehead atoms. The minimum absolute atomic E-state index is 0.141. The van der Waals surface area contributed by atoms with E-state index in [4.69, 9.17) is 9.84 Å². The Morgan fingerprint density at radius 2 is 1.52 bits per heavy atom. The van der Waals surface area contributed by atoms with Crippen LogP contribution in [-0.4, -0.2) is 18.3 Å². The number of halogens is 1. The summed E-state index contributed by atoms with van der Waals surface area (Å²) < 4.78 is 20.7. The summed E-state index contributed by atoms with van der Waals surface area (Å²) in [6.45, 7) is 1.08. The first kappa shape index (κ1) is 17.6. The van der Waals surface area contributed by atoms with E-state index in [9.17, 15) is 0 Å². The van der Waals surface area contributed by atoms with E-state index in [1.165, 1.54) is 0 Å². The van der Waals surface area contributed by atoms with Crippen LogP contribution < -0.4 is 0 Å². The lowest BCUT2D eigenvalue weighted by molar-refractivity contribution is 0.0861. The fourth-order valence-corrected chi connectivity index (χ4v) is 2.70. The van der Waals surface area contributed by atoms with Crippen molar-refractivity contribution in [3.63, 3.8) is 0 Å². The monoisotopic (exact) mass is 316 g/mol. The Kier molecular flexibility index (Phi) is 7.24. The number of hydrogen-bond donors (Lipinski definition) is 1. The van der Waals surface area contributed by atoms with Gasteiger partial charge in [-0.3, -0.25) is 0 Å². The zero-order valence-electron chi connectivity index (χ0n) is 13.5. The van der Waals surface area contributed by atoms with Crippen molar-refractivity contribution in [3.05, 3.63) is 71.8 Å². The molecule has 0 aliphatic carbocycles. The van der Waals surface area contributed by atoms with Crippen molar-refractivity contribution in [2.45, 2.75) is 38.0 Å². The van der Waals surface area contributed by atoms with Crippen molar-refractivity contribution < 1.29 is 14.2 Å². The van der Waals surface area contributed by atoms with Gasteiger partial charge in [0.25, 0.3) is 0 Å². The van der Waals surface area contributed by atoms with Crippen molar-refractivity contribution in [3.8, 4) is 0 Å². The Morgan fingerprint density at radius 3 is 2.17 bits per heavy atom. The van der Waals surface area contributed by atoms with E-state index >= 15 is 4.39 Å².